The van der Waals surface area contributed by atoms with Crippen molar-refractivity contribution >= 4 is 0 Å². The molecule has 3 nitrogen and oxygen atoms in total. The van der Waals surface area contributed by atoms with Gasteiger partial charge in [-0.2, -0.15) is 0 Å². The Morgan fingerprint density at radius 2 is 1.94 bits per heavy atom. The van der Waals surface area contributed by atoms with Crippen LogP contribution in [0.3, 0.4) is 0 Å². The third-order valence-electron chi connectivity index (χ3n) is 2.76. The van der Waals surface area contributed by atoms with Crippen molar-refractivity contribution in [1.29, 1.82) is 0 Å². The van der Waals surface area contributed by atoms with Crippen molar-refractivity contribution < 1.29 is 9.84 Å². The quantitative estimate of drug-likeness (QED) is 0.774. The van der Waals surface area contributed by atoms with Crippen molar-refractivity contribution in [2.75, 3.05) is 13.7 Å². The smallest absolute Gasteiger partial charge is 0.115 e. The van der Waals surface area contributed by atoms with Crippen molar-refractivity contribution in [1.82, 2.24) is 5.32 Å². The predicted molar refractivity (Wildman–Crippen MR) is 65.7 cm³/mol. The maximum Gasteiger partial charge on any atom is 0.115 e. The molecule has 0 spiro atoms. The average Bonchev–Trinajstić information content (AvgIpc) is 2.28. The number of hydrogen-bond acceptors (Lipinski definition) is 3. The van der Waals surface area contributed by atoms with Crippen LogP contribution in [0.1, 0.15) is 19.4 Å². The molecule has 0 amide bonds. The number of phenolic OH excluding ortho intramolecular Hbond substituents is 1. The van der Waals surface area contributed by atoms with Crippen molar-refractivity contribution in [3.05, 3.63) is 29.8 Å². The first-order valence-corrected chi connectivity index (χ1v) is 5.74. The fourth-order valence-electron chi connectivity index (χ4n) is 1.77. The predicted octanol–water partition coefficient (Wildman–Crippen LogP) is 1.95. The lowest BCUT2D eigenvalue weighted by Gasteiger charge is -2.23. The molecule has 2 unspecified atom stereocenters. The Kier molecular flexibility index (Phi) is 5.29. The van der Waals surface area contributed by atoms with Gasteiger partial charge in [0.1, 0.15) is 5.75 Å². The second kappa shape index (κ2) is 6.51. The molecule has 0 aliphatic rings. The van der Waals surface area contributed by atoms with E-state index in [1.807, 2.05) is 26.1 Å². The first-order valence-electron chi connectivity index (χ1n) is 5.74. The maximum absolute atomic E-state index is 9.20. The van der Waals surface area contributed by atoms with Gasteiger partial charge in [0, 0.05) is 12.6 Å². The third kappa shape index (κ3) is 3.83. The molecule has 1 aromatic rings. The summed E-state index contributed by atoms with van der Waals surface area (Å²) in [5.41, 5.74) is 1.20. The zero-order valence-electron chi connectivity index (χ0n) is 10.2. The number of benzene rings is 1. The maximum atomic E-state index is 9.20. The van der Waals surface area contributed by atoms with E-state index in [2.05, 4.69) is 12.2 Å². The molecule has 0 aliphatic carbocycles. The van der Waals surface area contributed by atoms with Crippen LogP contribution in [0.4, 0.5) is 0 Å². The Morgan fingerprint density at radius 3 is 2.44 bits per heavy atom. The lowest BCUT2D eigenvalue weighted by Crippen LogP contribution is -2.39. The van der Waals surface area contributed by atoms with Gasteiger partial charge in [-0.15, -0.1) is 0 Å². The number of rotatable bonds is 6. The molecule has 1 rings (SSSR count). The first-order chi connectivity index (χ1) is 7.67. The molecule has 0 saturated heterocycles. The van der Waals surface area contributed by atoms with Gasteiger partial charge in [-0.25, -0.2) is 0 Å². The van der Waals surface area contributed by atoms with Crippen molar-refractivity contribution in [2.24, 2.45) is 0 Å². The number of likely N-dealkylation sites (N-methyl/N-ethyl adjacent to an activating group) is 1. The summed E-state index contributed by atoms with van der Waals surface area (Å²) in [5.74, 6) is 0.308. The minimum absolute atomic E-state index is 0.184. The van der Waals surface area contributed by atoms with Gasteiger partial charge >= 0.3 is 0 Å². The van der Waals surface area contributed by atoms with E-state index in [1.54, 1.807) is 12.1 Å². The fourth-order valence-corrected chi connectivity index (χ4v) is 1.77. The normalized spacial score (nSPS) is 14.7. The monoisotopic (exact) mass is 223 g/mol. The lowest BCUT2D eigenvalue weighted by molar-refractivity contribution is 0.0497. The molecule has 0 fully saturated rings. The fraction of sp³-hybridized carbons (Fsp3) is 0.538. The van der Waals surface area contributed by atoms with E-state index < -0.39 is 0 Å². The van der Waals surface area contributed by atoms with Gasteiger partial charge in [-0.1, -0.05) is 12.1 Å². The van der Waals surface area contributed by atoms with Crippen molar-refractivity contribution in [3.63, 3.8) is 0 Å². The van der Waals surface area contributed by atoms with Crippen molar-refractivity contribution in [3.8, 4) is 5.75 Å². The molecular weight excluding hydrogens is 202 g/mol. The van der Waals surface area contributed by atoms with E-state index in [0.717, 1.165) is 13.0 Å². The Labute approximate surface area is 97.4 Å². The zero-order valence-corrected chi connectivity index (χ0v) is 10.2. The molecule has 0 radical (unpaired) electrons. The first kappa shape index (κ1) is 13.0. The molecule has 0 aromatic heterocycles. The summed E-state index contributed by atoms with van der Waals surface area (Å²) >= 11 is 0. The van der Waals surface area contributed by atoms with Crippen LogP contribution in [0.25, 0.3) is 0 Å². The van der Waals surface area contributed by atoms with Crippen LogP contribution in [-0.2, 0) is 11.2 Å². The van der Waals surface area contributed by atoms with Crippen LogP contribution >= 0.6 is 0 Å². The Morgan fingerprint density at radius 1 is 1.31 bits per heavy atom. The van der Waals surface area contributed by atoms with Crippen LogP contribution in [0.15, 0.2) is 24.3 Å². The Hall–Kier alpha value is -1.06. The summed E-state index contributed by atoms with van der Waals surface area (Å²) in [6.07, 6.45) is 1.08. The summed E-state index contributed by atoms with van der Waals surface area (Å²) in [4.78, 5) is 0. The highest BCUT2D eigenvalue weighted by molar-refractivity contribution is 5.26. The van der Waals surface area contributed by atoms with Gasteiger partial charge in [-0.3, -0.25) is 0 Å². The summed E-state index contributed by atoms with van der Waals surface area (Å²) in [6, 6.07) is 7.61. The van der Waals surface area contributed by atoms with Crippen LogP contribution in [-0.4, -0.2) is 30.9 Å². The molecule has 0 bridgehead atoms. The number of aromatic hydroxyl groups is 1. The molecule has 2 atom stereocenters. The minimum Gasteiger partial charge on any atom is -0.508 e. The van der Waals surface area contributed by atoms with Gasteiger partial charge in [0.2, 0.25) is 0 Å². The number of phenols is 1. The second-order valence-electron chi connectivity index (χ2n) is 3.93. The summed E-state index contributed by atoms with van der Waals surface area (Å²) in [7, 11) is 1.95. The number of nitrogens with one attached hydrogen (secondary N) is 1. The number of ether oxygens (including phenoxy) is 1. The van der Waals surface area contributed by atoms with E-state index in [4.69, 9.17) is 4.74 Å². The largest absolute Gasteiger partial charge is 0.508 e. The summed E-state index contributed by atoms with van der Waals surface area (Å²) < 4.78 is 5.58. The SMILES string of the molecule is CCOC(C)C(Cc1ccc(O)cc1)NC. The van der Waals surface area contributed by atoms with E-state index in [1.165, 1.54) is 5.56 Å². The molecule has 0 saturated carbocycles. The van der Waals surface area contributed by atoms with Crippen LogP contribution in [0, 0.1) is 0 Å². The molecule has 16 heavy (non-hydrogen) atoms. The molecular formula is C13H21NO2. The minimum atomic E-state index is 0.184. The van der Waals surface area contributed by atoms with Crippen molar-refractivity contribution in [2.45, 2.75) is 32.4 Å². The van der Waals surface area contributed by atoms with Crippen LogP contribution < -0.4 is 5.32 Å². The van der Waals surface area contributed by atoms with E-state index in [9.17, 15) is 5.11 Å². The molecule has 0 aliphatic heterocycles. The van der Waals surface area contributed by atoms with Gasteiger partial charge in [0.25, 0.3) is 0 Å². The molecule has 0 heterocycles. The highest BCUT2D eigenvalue weighted by Gasteiger charge is 2.15. The summed E-state index contributed by atoms with van der Waals surface area (Å²) in [5, 5.41) is 12.5. The zero-order chi connectivity index (χ0) is 12.0. The number of hydrogen-bond donors (Lipinski definition) is 2. The van der Waals surface area contributed by atoms with E-state index >= 15 is 0 Å². The highest BCUT2D eigenvalue weighted by atomic mass is 16.5. The third-order valence-corrected chi connectivity index (χ3v) is 2.76. The van der Waals surface area contributed by atoms with Crippen LogP contribution in [0.2, 0.25) is 0 Å². The van der Waals surface area contributed by atoms with E-state index in [-0.39, 0.29) is 6.10 Å². The molecule has 3 heteroatoms. The van der Waals surface area contributed by atoms with Gasteiger partial charge < -0.3 is 15.2 Å². The molecule has 1 aromatic carbocycles. The van der Waals surface area contributed by atoms with Gasteiger partial charge in [-0.05, 0) is 45.0 Å². The van der Waals surface area contributed by atoms with Crippen LogP contribution in [0.5, 0.6) is 5.75 Å². The topological polar surface area (TPSA) is 41.5 Å². The van der Waals surface area contributed by atoms with Gasteiger partial charge in [0.15, 0.2) is 0 Å². The average molecular weight is 223 g/mol. The standard InChI is InChI=1S/C13H21NO2/c1-4-16-10(2)13(14-3)9-11-5-7-12(15)8-6-11/h5-8,10,13-15H,4,9H2,1-3H3. The molecule has 2 N–H and O–H groups in total. The highest BCUT2D eigenvalue weighted by Crippen LogP contribution is 2.13. The Bertz CT molecular complexity index is 297. The molecule has 90 valence electrons. The summed E-state index contributed by atoms with van der Waals surface area (Å²) in [6.45, 7) is 4.81. The second-order valence-corrected chi connectivity index (χ2v) is 3.93. The lowest BCUT2D eigenvalue weighted by atomic mass is 10.0. The Balaban J connectivity index is 2.59. The van der Waals surface area contributed by atoms with E-state index in [0.29, 0.717) is 11.8 Å². The van der Waals surface area contributed by atoms with Gasteiger partial charge in [0.05, 0.1) is 6.10 Å².